The molecule has 0 aliphatic carbocycles. The summed E-state index contributed by atoms with van der Waals surface area (Å²) in [6.07, 6.45) is 3.97. The van der Waals surface area contributed by atoms with Gasteiger partial charge in [-0.1, -0.05) is 30.5 Å². The van der Waals surface area contributed by atoms with Crippen LogP contribution in [0.25, 0.3) is 0 Å². The molecule has 2 aromatic carbocycles. The minimum atomic E-state index is -3.47. The SMILES string of the molecule is Cc1ccc(S[C@@H](C)C(=O)Nc2ccc(S(=O)(=O)N3CCCCCC3)cc2)cc1. The Morgan fingerprint density at radius 1 is 0.966 bits per heavy atom. The second-order valence-electron chi connectivity index (χ2n) is 7.41. The van der Waals surface area contributed by atoms with Gasteiger partial charge in [-0.15, -0.1) is 11.8 Å². The summed E-state index contributed by atoms with van der Waals surface area (Å²) in [5.41, 5.74) is 1.78. The fraction of sp³-hybridized carbons (Fsp3) is 0.409. The molecule has 3 rings (SSSR count). The van der Waals surface area contributed by atoms with Crippen molar-refractivity contribution >= 4 is 33.4 Å². The molecule has 0 bridgehead atoms. The van der Waals surface area contributed by atoms with E-state index in [9.17, 15) is 13.2 Å². The number of thioether (sulfide) groups is 1. The number of aryl methyl sites for hydroxylation is 1. The average Bonchev–Trinajstić information content (AvgIpc) is 3.00. The smallest absolute Gasteiger partial charge is 0.243 e. The van der Waals surface area contributed by atoms with Crippen LogP contribution in [0, 0.1) is 6.92 Å². The Bertz CT molecular complexity index is 918. The number of nitrogens with one attached hydrogen (secondary N) is 1. The van der Waals surface area contributed by atoms with Gasteiger partial charge in [0.05, 0.1) is 10.1 Å². The maximum Gasteiger partial charge on any atom is 0.243 e. The number of carbonyl (C=O) groups is 1. The van der Waals surface area contributed by atoms with Crippen LogP contribution in [-0.4, -0.2) is 37.0 Å². The Morgan fingerprint density at radius 3 is 2.14 bits per heavy atom. The zero-order valence-electron chi connectivity index (χ0n) is 16.9. The summed E-state index contributed by atoms with van der Waals surface area (Å²) < 4.78 is 27.3. The molecule has 1 N–H and O–H groups in total. The van der Waals surface area contributed by atoms with E-state index in [1.165, 1.54) is 17.3 Å². The van der Waals surface area contributed by atoms with E-state index in [0.29, 0.717) is 18.8 Å². The largest absolute Gasteiger partial charge is 0.325 e. The summed E-state index contributed by atoms with van der Waals surface area (Å²) in [6.45, 7) is 5.04. The van der Waals surface area contributed by atoms with Gasteiger partial charge in [-0.3, -0.25) is 4.79 Å². The van der Waals surface area contributed by atoms with Crippen molar-refractivity contribution in [1.82, 2.24) is 4.31 Å². The van der Waals surface area contributed by atoms with Crippen LogP contribution in [0.1, 0.15) is 38.2 Å². The van der Waals surface area contributed by atoms with Gasteiger partial charge in [0.15, 0.2) is 0 Å². The van der Waals surface area contributed by atoms with Crippen LogP contribution in [-0.2, 0) is 14.8 Å². The van der Waals surface area contributed by atoms with Gasteiger partial charge >= 0.3 is 0 Å². The lowest BCUT2D eigenvalue weighted by molar-refractivity contribution is -0.115. The van der Waals surface area contributed by atoms with Gasteiger partial charge in [0.25, 0.3) is 0 Å². The van der Waals surface area contributed by atoms with Crippen molar-refractivity contribution < 1.29 is 13.2 Å². The van der Waals surface area contributed by atoms with Crippen LogP contribution in [0.15, 0.2) is 58.3 Å². The third-order valence-corrected chi connectivity index (χ3v) is 8.05. The van der Waals surface area contributed by atoms with Gasteiger partial charge in [-0.25, -0.2) is 8.42 Å². The van der Waals surface area contributed by atoms with Crippen LogP contribution in [0.5, 0.6) is 0 Å². The number of rotatable bonds is 6. The second kappa shape index (κ2) is 9.78. The maximum absolute atomic E-state index is 12.8. The monoisotopic (exact) mass is 432 g/mol. The molecule has 1 amide bonds. The molecule has 0 unspecified atom stereocenters. The molecule has 2 aromatic rings. The molecule has 1 heterocycles. The first-order valence-electron chi connectivity index (χ1n) is 10.0. The molecule has 1 atom stereocenters. The average molecular weight is 433 g/mol. The van der Waals surface area contributed by atoms with Crippen LogP contribution < -0.4 is 5.32 Å². The molecular weight excluding hydrogens is 404 g/mol. The number of carbonyl (C=O) groups excluding carboxylic acids is 1. The second-order valence-corrected chi connectivity index (χ2v) is 10.8. The van der Waals surface area contributed by atoms with Crippen molar-refractivity contribution in [2.75, 3.05) is 18.4 Å². The molecule has 0 saturated carbocycles. The molecule has 0 aromatic heterocycles. The quantitative estimate of drug-likeness (QED) is 0.673. The molecule has 156 valence electrons. The molecule has 1 saturated heterocycles. The first kappa shape index (κ1) is 21.9. The summed E-state index contributed by atoms with van der Waals surface area (Å²) in [5.74, 6) is -0.112. The van der Waals surface area contributed by atoms with Crippen molar-refractivity contribution in [2.24, 2.45) is 0 Å². The van der Waals surface area contributed by atoms with Crippen molar-refractivity contribution in [2.45, 2.75) is 54.6 Å². The van der Waals surface area contributed by atoms with E-state index in [4.69, 9.17) is 0 Å². The Labute approximate surface area is 177 Å². The van der Waals surface area contributed by atoms with Gasteiger partial charge in [0.2, 0.25) is 15.9 Å². The van der Waals surface area contributed by atoms with E-state index in [-0.39, 0.29) is 16.1 Å². The Kier molecular flexibility index (Phi) is 7.38. The molecule has 1 aliphatic heterocycles. The lowest BCUT2D eigenvalue weighted by Crippen LogP contribution is -2.31. The van der Waals surface area contributed by atoms with Crippen molar-refractivity contribution in [3.05, 3.63) is 54.1 Å². The number of hydrogen-bond donors (Lipinski definition) is 1. The maximum atomic E-state index is 12.8. The number of benzene rings is 2. The van der Waals surface area contributed by atoms with E-state index < -0.39 is 10.0 Å². The minimum Gasteiger partial charge on any atom is -0.325 e. The van der Waals surface area contributed by atoms with E-state index in [1.807, 2.05) is 38.1 Å². The summed E-state index contributed by atoms with van der Waals surface area (Å²) in [4.78, 5) is 13.8. The van der Waals surface area contributed by atoms with E-state index in [1.54, 1.807) is 28.6 Å². The van der Waals surface area contributed by atoms with Crippen molar-refractivity contribution in [3.63, 3.8) is 0 Å². The third-order valence-electron chi connectivity index (χ3n) is 5.03. The number of sulfonamides is 1. The molecule has 5 nitrogen and oxygen atoms in total. The highest BCUT2D eigenvalue weighted by Gasteiger charge is 2.25. The predicted octanol–water partition coefficient (Wildman–Crippen LogP) is 4.68. The fourth-order valence-electron chi connectivity index (χ4n) is 3.26. The highest BCUT2D eigenvalue weighted by molar-refractivity contribution is 8.00. The standard InChI is InChI=1S/C22H28N2O3S2/c1-17-7-11-20(12-8-17)28-18(2)22(25)23-19-9-13-21(14-10-19)29(26,27)24-15-5-3-4-6-16-24/h7-14,18H,3-6,15-16H2,1-2H3,(H,23,25)/t18-/m0/s1. The molecule has 0 spiro atoms. The minimum absolute atomic E-state index is 0.112. The lowest BCUT2D eigenvalue weighted by atomic mass is 10.2. The van der Waals surface area contributed by atoms with Crippen LogP contribution in [0.4, 0.5) is 5.69 Å². The van der Waals surface area contributed by atoms with Crippen LogP contribution in [0.3, 0.4) is 0 Å². The van der Waals surface area contributed by atoms with Gasteiger partial charge in [0, 0.05) is 23.7 Å². The normalized spacial score (nSPS) is 16.8. The van der Waals surface area contributed by atoms with Crippen molar-refractivity contribution in [1.29, 1.82) is 0 Å². The topological polar surface area (TPSA) is 66.5 Å². The lowest BCUT2D eigenvalue weighted by Gasteiger charge is -2.20. The molecule has 1 fully saturated rings. The Hall–Kier alpha value is -1.83. The molecule has 1 aliphatic rings. The Balaban J connectivity index is 1.62. The number of amides is 1. The summed E-state index contributed by atoms with van der Waals surface area (Å²) in [7, 11) is -3.47. The first-order chi connectivity index (χ1) is 13.9. The first-order valence-corrected chi connectivity index (χ1v) is 12.3. The molecular formula is C22H28N2O3S2. The van der Waals surface area contributed by atoms with Gasteiger partial charge < -0.3 is 5.32 Å². The number of anilines is 1. The third kappa shape index (κ3) is 5.84. The predicted molar refractivity (Wildman–Crippen MR) is 119 cm³/mol. The molecule has 0 radical (unpaired) electrons. The van der Waals surface area contributed by atoms with Gasteiger partial charge in [0.1, 0.15) is 0 Å². The summed E-state index contributed by atoms with van der Waals surface area (Å²) >= 11 is 1.49. The highest BCUT2D eigenvalue weighted by Crippen LogP contribution is 2.25. The zero-order valence-corrected chi connectivity index (χ0v) is 18.6. The summed E-state index contributed by atoms with van der Waals surface area (Å²) in [6, 6.07) is 14.5. The van der Waals surface area contributed by atoms with Gasteiger partial charge in [-0.05, 0) is 63.1 Å². The number of hydrogen-bond acceptors (Lipinski definition) is 4. The fourth-order valence-corrected chi connectivity index (χ4v) is 5.64. The molecule has 29 heavy (non-hydrogen) atoms. The Morgan fingerprint density at radius 2 is 1.55 bits per heavy atom. The van der Waals surface area contributed by atoms with Crippen LogP contribution >= 0.6 is 11.8 Å². The zero-order chi connectivity index (χ0) is 20.9. The van der Waals surface area contributed by atoms with Gasteiger partial charge in [-0.2, -0.15) is 4.31 Å². The number of nitrogens with zero attached hydrogens (tertiary/aromatic N) is 1. The van der Waals surface area contributed by atoms with Crippen LogP contribution in [0.2, 0.25) is 0 Å². The van der Waals surface area contributed by atoms with E-state index in [0.717, 1.165) is 30.6 Å². The molecule has 7 heteroatoms. The summed E-state index contributed by atoms with van der Waals surface area (Å²) in [5, 5.41) is 2.61. The highest BCUT2D eigenvalue weighted by atomic mass is 32.2. The van der Waals surface area contributed by atoms with E-state index >= 15 is 0 Å². The van der Waals surface area contributed by atoms with Crippen molar-refractivity contribution in [3.8, 4) is 0 Å². The van der Waals surface area contributed by atoms with E-state index in [2.05, 4.69) is 5.32 Å².